The van der Waals surface area contributed by atoms with E-state index in [2.05, 4.69) is 0 Å². The normalized spacial score (nSPS) is 17.9. The highest BCUT2D eigenvalue weighted by atomic mass is 32.2. The van der Waals surface area contributed by atoms with E-state index in [0.717, 1.165) is 6.26 Å². The number of likely N-dealkylation sites (tertiary alicyclic amines) is 1. The number of anilines is 1. The third kappa shape index (κ3) is 2.87. The number of sulfone groups is 1. The maximum Gasteiger partial charge on any atom is 0.254 e. The molecule has 1 aliphatic rings. The molecule has 19 heavy (non-hydrogen) atoms. The van der Waals surface area contributed by atoms with Gasteiger partial charge in [-0.1, -0.05) is 0 Å². The Hall–Kier alpha value is -1.60. The molecule has 2 rings (SSSR count). The second kappa shape index (κ2) is 4.21. The lowest BCUT2D eigenvalue weighted by Gasteiger charge is -2.44. The van der Waals surface area contributed by atoms with E-state index in [1.165, 1.54) is 23.1 Å². The molecule has 1 saturated heterocycles. The maximum absolute atomic E-state index is 12.1. The predicted molar refractivity (Wildman–Crippen MR) is 70.5 cm³/mol. The molecule has 0 bridgehead atoms. The van der Waals surface area contributed by atoms with Gasteiger partial charge in [0.1, 0.15) is 0 Å². The van der Waals surface area contributed by atoms with Gasteiger partial charge in [-0.15, -0.1) is 0 Å². The highest BCUT2D eigenvalue weighted by Gasteiger charge is 2.39. The van der Waals surface area contributed by atoms with Crippen LogP contribution in [-0.4, -0.2) is 49.3 Å². The molecule has 3 N–H and O–H groups in total. The van der Waals surface area contributed by atoms with Gasteiger partial charge in [0.25, 0.3) is 5.91 Å². The van der Waals surface area contributed by atoms with Crippen LogP contribution in [0.4, 0.5) is 5.69 Å². The Balaban J connectivity index is 2.31. The number of β-amino-alcohol motifs (C(OH)–C–C–N with tert-alkyl or cyclic N) is 1. The van der Waals surface area contributed by atoms with E-state index in [1.54, 1.807) is 6.92 Å². The molecule has 1 fully saturated rings. The Morgan fingerprint density at radius 2 is 1.95 bits per heavy atom. The highest BCUT2D eigenvalue weighted by molar-refractivity contribution is 7.90. The van der Waals surface area contributed by atoms with Crippen molar-refractivity contribution in [1.29, 1.82) is 0 Å². The minimum atomic E-state index is -3.42. The van der Waals surface area contributed by atoms with Crippen molar-refractivity contribution in [3.05, 3.63) is 23.8 Å². The average Bonchev–Trinajstić information content (AvgIpc) is 2.22. The van der Waals surface area contributed by atoms with Gasteiger partial charge in [-0.3, -0.25) is 4.79 Å². The topological polar surface area (TPSA) is 101 Å². The van der Waals surface area contributed by atoms with Crippen LogP contribution in [0.1, 0.15) is 17.3 Å². The SMILES string of the molecule is CC1(O)CN(C(=O)c2cc(N)cc(S(C)(=O)=O)c2)C1. The van der Waals surface area contributed by atoms with Crippen molar-refractivity contribution < 1.29 is 18.3 Å². The summed E-state index contributed by atoms with van der Waals surface area (Å²) in [6.45, 7) is 2.10. The highest BCUT2D eigenvalue weighted by Crippen LogP contribution is 2.24. The first-order valence-electron chi connectivity index (χ1n) is 5.71. The minimum Gasteiger partial charge on any atom is -0.399 e. The number of amides is 1. The third-order valence-electron chi connectivity index (χ3n) is 2.95. The first-order valence-corrected chi connectivity index (χ1v) is 7.60. The van der Waals surface area contributed by atoms with Crippen LogP contribution >= 0.6 is 0 Å². The summed E-state index contributed by atoms with van der Waals surface area (Å²) < 4.78 is 23.0. The number of benzene rings is 1. The number of hydrogen-bond donors (Lipinski definition) is 2. The first-order chi connectivity index (χ1) is 8.58. The van der Waals surface area contributed by atoms with Gasteiger partial charge in [0.05, 0.1) is 23.6 Å². The molecule has 6 nitrogen and oxygen atoms in total. The number of carbonyl (C=O) groups is 1. The Labute approximate surface area is 111 Å². The molecule has 1 aromatic carbocycles. The molecule has 104 valence electrons. The molecule has 0 aromatic heterocycles. The van der Waals surface area contributed by atoms with Crippen molar-refractivity contribution >= 4 is 21.4 Å². The van der Waals surface area contributed by atoms with Crippen LogP contribution < -0.4 is 5.73 Å². The van der Waals surface area contributed by atoms with Gasteiger partial charge in [0.15, 0.2) is 9.84 Å². The quantitative estimate of drug-likeness (QED) is 0.737. The summed E-state index contributed by atoms with van der Waals surface area (Å²) in [7, 11) is -3.42. The number of rotatable bonds is 2. The summed E-state index contributed by atoms with van der Waals surface area (Å²) >= 11 is 0. The largest absolute Gasteiger partial charge is 0.399 e. The van der Waals surface area contributed by atoms with Crippen LogP contribution in [0.2, 0.25) is 0 Å². The van der Waals surface area contributed by atoms with E-state index in [-0.39, 0.29) is 35.1 Å². The van der Waals surface area contributed by atoms with Crippen LogP contribution in [0.25, 0.3) is 0 Å². The van der Waals surface area contributed by atoms with Gasteiger partial charge in [-0.05, 0) is 25.1 Å². The van der Waals surface area contributed by atoms with Gasteiger partial charge >= 0.3 is 0 Å². The number of hydrogen-bond acceptors (Lipinski definition) is 5. The van der Waals surface area contributed by atoms with E-state index in [0.29, 0.717) is 0 Å². The summed E-state index contributed by atoms with van der Waals surface area (Å²) in [4.78, 5) is 13.6. The summed E-state index contributed by atoms with van der Waals surface area (Å²) in [5.41, 5.74) is 5.20. The second-order valence-corrected chi connectivity index (χ2v) is 7.24. The van der Waals surface area contributed by atoms with E-state index in [9.17, 15) is 18.3 Å². The van der Waals surface area contributed by atoms with E-state index in [1.807, 2.05) is 0 Å². The molecule has 0 radical (unpaired) electrons. The van der Waals surface area contributed by atoms with Crippen molar-refractivity contribution in [2.75, 3.05) is 25.1 Å². The van der Waals surface area contributed by atoms with Crippen molar-refractivity contribution in [2.45, 2.75) is 17.4 Å². The fraction of sp³-hybridized carbons (Fsp3) is 0.417. The summed E-state index contributed by atoms with van der Waals surface area (Å²) in [5, 5.41) is 9.60. The molecule has 0 spiro atoms. The van der Waals surface area contributed by atoms with Crippen LogP contribution in [0.3, 0.4) is 0 Å². The van der Waals surface area contributed by atoms with Gasteiger partial charge in [-0.2, -0.15) is 0 Å². The second-order valence-electron chi connectivity index (χ2n) is 5.22. The zero-order chi connectivity index (χ0) is 14.4. The average molecular weight is 284 g/mol. The lowest BCUT2D eigenvalue weighted by molar-refractivity contribution is -0.0668. The lowest BCUT2D eigenvalue weighted by Crippen LogP contribution is -2.61. The van der Waals surface area contributed by atoms with E-state index < -0.39 is 15.4 Å². The van der Waals surface area contributed by atoms with Crippen LogP contribution in [0, 0.1) is 0 Å². The number of nitrogen functional groups attached to an aromatic ring is 1. The molecule has 1 amide bonds. The van der Waals surface area contributed by atoms with Crippen LogP contribution in [0.15, 0.2) is 23.1 Å². The summed E-state index contributed by atoms with van der Waals surface area (Å²) in [6.07, 6.45) is 1.06. The minimum absolute atomic E-state index is 0.0168. The van der Waals surface area contributed by atoms with Crippen molar-refractivity contribution in [2.24, 2.45) is 0 Å². The molecule has 1 aliphatic heterocycles. The molecule has 0 aliphatic carbocycles. The van der Waals surface area contributed by atoms with Gasteiger partial charge < -0.3 is 15.7 Å². The summed E-state index contributed by atoms with van der Waals surface area (Å²) in [6, 6.07) is 4.06. The molecule has 0 atom stereocenters. The lowest BCUT2D eigenvalue weighted by atomic mass is 9.96. The van der Waals surface area contributed by atoms with Gasteiger partial charge in [-0.25, -0.2) is 8.42 Å². The number of nitrogens with zero attached hydrogens (tertiary/aromatic N) is 1. The monoisotopic (exact) mass is 284 g/mol. The smallest absolute Gasteiger partial charge is 0.254 e. The molecule has 1 aromatic rings. The standard InChI is InChI=1S/C12H16N2O4S/c1-12(16)6-14(7-12)11(15)8-3-9(13)5-10(4-8)19(2,17)18/h3-5,16H,6-7,13H2,1-2H3. The van der Waals surface area contributed by atoms with E-state index >= 15 is 0 Å². The molecule has 0 saturated carbocycles. The molecule has 0 unspecified atom stereocenters. The summed E-state index contributed by atoms with van der Waals surface area (Å²) in [5.74, 6) is -0.330. The van der Waals surface area contributed by atoms with Gasteiger partial charge in [0, 0.05) is 17.5 Å². The number of nitrogens with two attached hydrogens (primary N) is 1. The van der Waals surface area contributed by atoms with Crippen LogP contribution in [-0.2, 0) is 9.84 Å². The van der Waals surface area contributed by atoms with Crippen molar-refractivity contribution in [3.8, 4) is 0 Å². The van der Waals surface area contributed by atoms with Gasteiger partial charge in [0.2, 0.25) is 0 Å². The van der Waals surface area contributed by atoms with Crippen molar-refractivity contribution in [1.82, 2.24) is 4.90 Å². The Bertz CT molecular complexity index is 629. The Morgan fingerprint density at radius 1 is 1.37 bits per heavy atom. The first kappa shape index (κ1) is 13.8. The molecule has 1 heterocycles. The fourth-order valence-electron chi connectivity index (χ4n) is 2.06. The van der Waals surface area contributed by atoms with Crippen LogP contribution in [0.5, 0.6) is 0 Å². The van der Waals surface area contributed by atoms with Crippen molar-refractivity contribution in [3.63, 3.8) is 0 Å². The van der Waals surface area contributed by atoms with E-state index in [4.69, 9.17) is 5.73 Å². The third-order valence-corrected chi connectivity index (χ3v) is 4.05. The molecular weight excluding hydrogens is 268 g/mol. The molecular formula is C12H16N2O4S. The predicted octanol–water partition coefficient (Wildman–Crippen LogP) is -0.121. The fourth-order valence-corrected chi connectivity index (χ4v) is 2.75. The number of aliphatic hydroxyl groups is 1. The molecule has 7 heteroatoms. The zero-order valence-electron chi connectivity index (χ0n) is 10.8. The number of carbonyl (C=O) groups excluding carboxylic acids is 1. The maximum atomic E-state index is 12.1. The zero-order valence-corrected chi connectivity index (χ0v) is 11.6. The Kier molecular flexibility index (Phi) is 3.06. The Morgan fingerprint density at radius 3 is 2.42 bits per heavy atom.